The Labute approximate surface area is 301 Å². The molecule has 0 radical (unpaired) electrons. The van der Waals surface area contributed by atoms with Crippen molar-refractivity contribution in [2.24, 2.45) is 45.7 Å². The molecular weight excluding hydrogens is 650 g/mol. The molecule has 8 aliphatic rings. The standard InChI is InChI=1S/C40H59N3O8/c1-22-21-51-33(24(22)3)35(48)36(4,49)29-11-16-40(50)31-26-10-15-37(29,40)12-5-6-13-39(34(47)32(31)43-19-23(2)44)18-28(46)27(45)17-38(26,39)14-9-25-7-8-30(41)42-20-25/h7-8,20,22-24,26-30,33,35,42-46,48-50H,9-19,21,41H2,1-4H3/t22-,23+,24+,26+,27+,28-,29-,30?,33-,35-,36-,37-,38-,39+,40-/m1/s1. The minimum Gasteiger partial charge on any atom is -0.392 e. The van der Waals surface area contributed by atoms with E-state index in [-0.39, 0.29) is 74.0 Å². The lowest BCUT2D eigenvalue weighted by Crippen LogP contribution is -2.69. The molecule has 0 aromatic carbocycles. The second-order valence-electron chi connectivity index (χ2n) is 17.6. The van der Waals surface area contributed by atoms with Gasteiger partial charge in [-0.05, 0) is 112 Å². The molecule has 0 aromatic rings. The second kappa shape index (κ2) is 12.9. The van der Waals surface area contributed by atoms with Gasteiger partial charge in [0.2, 0.25) is 0 Å². The summed E-state index contributed by atoms with van der Waals surface area (Å²) in [5.74, 6) is 5.84. The van der Waals surface area contributed by atoms with Crippen LogP contribution in [0.2, 0.25) is 0 Å². The number of hydrogen-bond donors (Lipinski definition) is 9. The number of hydrogen-bond acceptors (Lipinski definition) is 11. The van der Waals surface area contributed by atoms with Gasteiger partial charge in [0.05, 0.1) is 52.9 Å². The molecule has 0 aromatic heterocycles. The van der Waals surface area contributed by atoms with Crippen molar-refractivity contribution in [3.8, 4) is 11.8 Å². The topological polar surface area (TPSA) is 198 Å². The summed E-state index contributed by atoms with van der Waals surface area (Å²) in [6.07, 6.45) is 4.14. The molecule has 2 spiro atoms. The van der Waals surface area contributed by atoms with E-state index in [4.69, 9.17) is 10.5 Å². The van der Waals surface area contributed by atoms with Crippen LogP contribution in [0.25, 0.3) is 0 Å². The molecule has 3 saturated carbocycles. The first-order valence-corrected chi connectivity index (χ1v) is 19.2. The van der Waals surface area contributed by atoms with Crippen molar-refractivity contribution in [1.29, 1.82) is 0 Å². The van der Waals surface area contributed by atoms with E-state index in [1.807, 2.05) is 25.3 Å². The number of carbonyl (C=O) groups is 1. The van der Waals surface area contributed by atoms with Crippen molar-refractivity contribution >= 4 is 5.78 Å². The lowest BCUT2D eigenvalue weighted by atomic mass is 9.37. The third-order valence-corrected chi connectivity index (χ3v) is 15.0. The Balaban J connectivity index is 1.40. The van der Waals surface area contributed by atoms with Gasteiger partial charge >= 0.3 is 0 Å². The molecule has 8 rings (SSSR count). The molecule has 0 amide bonds. The molecule has 4 fully saturated rings. The number of nitrogens with two attached hydrogens (primary N) is 1. The average molecular weight is 710 g/mol. The summed E-state index contributed by atoms with van der Waals surface area (Å²) in [6, 6.07) is 0. The minimum atomic E-state index is -1.64. The highest BCUT2D eigenvalue weighted by Gasteiger charge is 2.75. The van der Waals surface area contributed by atoms with E-state index in [0.717, 1.165) is 5.57 Å². The van der Waals surface area contributed by atoms with Crippen LogP contribution in [0.3, 0.4) is 0 Å². The molecule has 4 bridgehead atoms. The van der Waals surface area contributed by atoms with Gasteiger partial charge < -0.3 is 51.7 Å². The molecule has 2 aliphatic heterocycles. The molecule has 11 heteroatoms. The Kier molecular flexibility index (Phi) is 9.41. The van der Waals surface area contributed by atoms with Gasteiger partial charge in [-0.3, -0.25) is 4.79 Å². The zero-order valence-electron chi connectivity index (χ0n) is 30.6. The average Bonchev–Trinajstić information content (AvgIpc) is 3.59. The van der Waals surface area contributed by atoms with E-state index >= 15 is 4.79 Å². The molecule has 10 N–H and O–H groups in total. The van der Waals surface area contributed by atoms with Crippen LogP contribution >= 0.6 is 0 Å². The number of aliphatic hydroxyl groups excluding tert-OH is 4. The van der Waals surface area contributed by atoms with Gasteiger partial charge in [-0.2, -0.15) is 0 Å². The SMILES string of the molecule is C[C@@H]1[C@H]([C@@H](O)[C@](C)(O)[C@H]2CC[C@@]3(O)C4=C(NC[C@H](C)O)C(=O)[C@@]56CC#CC[C@@]23CC[C@@H]4[C@@]5(CCC2=CNC(N)C=C2)C[C@H](O)[C@H](O)C6)OC[C@H]1C. The number of ketones is 1. The summed E-state index contributed by atoms with van der Waals surface area (Å²) >= 11 is 0. The number of ether oxygens (including phenoxy) is 1. The largest absolute Gasteiger partial charge is 0.392 e. The maximum Gasteiger partial charge on any atom is 0.186 e. The van der Waals surface area contributed by atoms with Crippen LogP contribution in [0.5, 0.6) is 0 Å². The highest BCUT2D eigenvalue weighted by Crippen LogP contribution is 2.74. The first-order valence-electron chi connectivity index (χ1n) is 19.2. The zero-order valence-corrected chi connectivity index (χ0v) is 30.6. The Morgan fingerprint density at radius 2 is 1.86 bits per heavy atom. The first-order chi connectivity index (χ1) is 24.0. The molecule has 282 valence electrons. The van der Waals surface area contributed by atoms with Gasteiger partial charge in [-0.25, -0.2) is 0 Å². The molecule has 1 saturated heterocycles. The van der Waals surface area contributed by atoms with Crippen LogP contribution in [-0.2, 0) is 9.53 Å². The number of Topliss-reactive ketones (excluding diaryl/α,β-unsaturated/α-hetero) is 1. The summed E-state index contributed by atoms with van der Waals surface area (Å²) in [7, 11) is 0. The summed E-state index contributed by atoms with van der Waals surface area (Å²) in [5, 5.41) is 77.6. The van der Waals surface area contributed by atoms with Crippen molar-refractivity contribution in [2.75, 3.05) is 13.2 Å². The maximum absolute atomic E-state index is 15.4. The van der Waals surface area contributed by atoms with Gasteiger partial charge in [-0.1, -0.05) is 19.9 Å². The Hall–Kier alpha value is -2.27. The number of fused-ring (bicyclic) bond motifs is 4. The Bertz CT molecular complexity index is 1560. The first kappa shape index (κ1) is 37.1. The second-order valence-corrected chi connectivity index (χ2v) is 17.6. The monoisotopic (exact) mass is 709 g/mol. The minimum absolute atomic E-state index is 0.0277. The maximum atomic E-state index is 15.4. The summed E-state index contributed by atoms with van der Waals surface area (Å²) in [6.45, 7) is 8.01. The van der Waals surface area contributed by atoms with E-state index < -0.39 is 63.9 Å². The van der Waals surface area contributed by atoms with Crippen LogP contribution < -0.4 is 16.4 Å². The van der Waals surface area contributed by atoms with Crippen molar-refractivity contribution < 1.29 is 40.2 Å². The van der Waals surface area contributed by atoms with Crippen LogP contribution in [-0.4, -0.2) is 97.5 Å². The molecule has 11 nitrogen and oxygen atoms in total. The lowest BCUT2D eigenvalue weighted by molar-refractivity contribution is -0.208. The van der Waals surface area contributed by atoms with Crippen LogP contribution in [0, 0.1) is 51.8 Å². The molecule has 6 aliphatic carbocycles. The van der Waals surface area contributed by atoms with Gasteiger partial charge in [0, 0.05) is 37.6 Å². The summed E-state index contributed by atoms with van der Waals surface area (Å²) < 4.78 is 6.06. The molecular formula is C40H59N3O8. The fraction of sp³-hybridized carbons (Fsp3) is 0.775. The van der Waals surface area contributed by atoms with Crippen molar-refractivity contribution in [2.45, 2.75) is 140 Å². The van der Waals surface area contributed by atoms with Crippen LogP contribution in [0.15, 0.2) is 35.2 Å². The van der Waals surface area contributed by atoms with E-state index in [2.05, 4.69) is 29.4 Å². The van der Waals surface area contributed by atoms with Crippen LogP contribution in [0.1, 0.15) is 91.9 Å². The third-order valence-electron chi connectivity index (χ3n) is 15.0. The van der Waals surface area contributed by atoms with Crippen LogP contribution in [0.4, 0.5) is 0 Å². The molecule has 2 heterocycles. The number of carbonyl (C=O) groups excluding carboxylic acids is 1. The predicted molar refractivity (Wildman–Crippen MR) is 190 cm³/mol. The molecule has 51 heavy (non-hydrogen) atoms. The lowest BCUT2D eigenvalue weighted by Gasteiger charge is -2.67. The fourth-order valence-electron chi connectivity index (χ4n) is 12.1. The smallest absolute Gasteiger partial charge is 0.186 e. The van der Waals surface area contributed by atoms with Gasteiger partial charge in [0.1, 0.15) is 6.10 Å². The Morgan fingerprint density at radius 1 is 1.14 bits per heavy atom. The van der Waals surface area contributed by atoms with E-state index in [1.165, 1.54) is 0 Å². The molecule has 1 unspecified atom stereocenters. The van der Waals surface area contributed by atoms with Gasteiger partial charge in [-0.15, -0.1) is 11.8 Å². The van der Waals surface area contributed by atoms with E-state index in [9.17, 15) is 30.6 Å². The summed E-state index contributed by atoms with van der Waals surface area (Å²) in [5.41, 5.74) is 1.66. The fourth-order valence-corrected chi connectivity index (χ4v) is 12.1. The third kappa shape index (κ3) is 5.34. The molecule has 15 atom stereocenters. The number of rotatable bonds is 9. The van der Waals surface area contributed by atoms with Gasteiger partial charge in [0.15, 0.2) is 5.78 Å². The summed E-state index contributed by atoms with van der Waals surface area (Å²) in [4.78, 5) is 15.4. The van der Waals surface area contributed by atoms with Gasteiger partial charge in [0.25, 0.3) is 0 Å². The number of dihydropyridines is 1. The predicted octanol–water partition coefficient (Wildman–Crippen LogP) is 1.51. The zero-order chi connectivity index (χ0) is 36.7. The van der Waals surface area contributed by atoms with E-state index in [1.54, 1.807) is 13.8 Å². The number of nitrogens with one attached hydrogen (secondary N) is 2. The van der Waals surface area contributed by atoms with Crippen molar-refractivity contribution in [1.82, 2.24) is 10.6 Å². The van der Waals surface area contributed by atoms with Crippen molar-refractivity contribution in [3.05, 3.63) is 35.2 Å². The van der Waals surface area contributed by atoms with E-state index in [0.29, 0.717) is 44.3 Å². The quantitative estimate of drug-likeness (QED) is 0.157. The number of aliphatic hydroxyl groups is 6. The number of allylic oxidation sites excluding steroid dienone is 3. The normalized spacial score (nSPS) is 46.6. The van der Waals surface area contributed by atoms with Crippen molar-refractivity contribution in [3.63, 3.8) is 0 Å². The Morgan fingerprint density at radius 3 is 2.53 bits per heavy atom. The highest BCUT2D eigenvalue weighted by molar-refractivity contribution is 6.03. The highest BCUT2D eigenvalue weighted by atomic mass is 16.5.